The summed E-state index contributed by atoms with van der Waals surface area (Å²) in [4.78, 5) is 7.46. The highest BCUT2D eigenvalue weighted by molar-refractivity contribution is 5.48. The van der Waals surface area contributed by atoms with Crippen LogP contribution in [0.3, 0.4) is 0 Å². The monoisotopic (exact) mass is 388 g/mol. The summed E-state index contributed by atoms with van der Waals surface area (Å²) in [5.74, 6) is 0.807. The fraction of sp³-hybridized carbons (Fsp3) is 0.739. The van der Waals surface area contributed by atoms with E-state index in [9.17, 15) is 0 Å². The van der Waals surface area contributed by atoms with Gasteiger partial charge in [-0.3, -0.25) is 4.90 Å². The smallest absolute Gasteiger partial charge is 0.0826 e. The van der Waals surface area contributed by atoms with Gasteiger partial charge in [0.25, 0.3) is 0 Å². The Balaban J connectivity index is 1.35. The van der Waals surface area contributed by atoms with Crippen LogP contribution in [0.2, 0.25) is 0 Å². The summed E-state index contributed by atoms with van der Waals surface area (Å²) in [6.45, 7) is 15.2. The number of anilines is 1. The first kappa shape index (κ1) is 21.6. The van der Waals surface area contributed by atoms with Crippen molar-refractivity contribution in [1.82, 2.24) is 15.1 Å². The fourth-order valence-corrected chi connectivity index (χ4v) is 4.10. The van der Waals surface area contributed by atoms with Crippen LogP contribution in [0.4, 0.5) is 5.69 Å². The number of hydrogen-bond acceptors (Lipinski definition) is 5. The maximum absolute atomic E-state index is 5.97. The van der Waals surface area contributed by atoms with Crippen molar-refractivity contribution in [2.24, 2.45) is 5.92 Å². The van der Waals surface area contributed by atoms with Crippen molar-refractivity contribution in [2.75, 3.05) is 70.9 Å². The average molecular weight is 389 g/mol. The van der Waals surface area contributed by atoms with Gasteiger partial charge in [0.1, 0.15) is 0 Å². The predicted molar refractivity (Wildman–Crippen MR) is 118 cm³/mol. The van der Waals surface area contributed by atoms with Gasteiger partial charge in [-0.15, -0.1) is 0 Å². The van der Waals surface area contributed by atoms with Crippen LogP contribution in [0.25, 0.3) is 0 Å². The van der Waals surface area contributed by atoms with Gasteiger partial charge in [-0.25, -0.2) is 0 Å². The molecule has 3 rings (SSSR count). The normalized spacial score (nSPS) is 22.1. The minimum absolute atomic E-state index is 0.317. The Kier molecular flexibility index (Phi) is 8.59. The van der Waals surface area contributed by atoms with Crippen LogP contribution in [-0.4, -0.2) is 81.9 Å². The molecule has 1 atom stereocenters. The lowest BCUT2D eigenvalue weighted by Crippen LogP contribution is -2.46. The molecule has 2 aliphatic rings. The van der Waals surface area contributed by atoms with Gasteiger partial charge in [0.15, 0.2) is 0 Å². The van der Waals surface area contributed by atoms with Crippen LogP contribution < -0.4 is 10.2 Å². The summed E-state index contributed by atoms with van der Waals surface area (Å²) in [5, 5.41) is 3.60. The van der Waals surface area contributed by atoms with E-state index in [1.54, 1.807) is 0 Å². The van der Waals surface area contributed by atoms with E-state index in [4.69, 9.17) is 4.74 Å². The minimum Gasteiger partial charge on any atom is -0.374 e. The van der Waals surface area contributed by atoms with Crippen molar-refractivity contribution in [3.05, 3.63) is 29.8 Å². The Morgan fingerprint density at radius 1 is 1.07 bits per heavy atom. The maximum Gasteiger partial charge on any atom is 0.0826 e. The molecule has 0 saturated carbocycles. The Hall–Kier alpha value is -1.14. The van der Waals surface area contributed by atoms with Crippen LogP contribution >= 0.6 is 0 Å². The Labute approximate surface area is 172 Å². The summed E-state index contributed by atoms with van der Waals surface area (Å²) >= 11 is 0. The highest BCUT2D eigenvalue weighted by Crippen LogP contribution is 2.17. The molecule has 0 radical (unpaired) electrons. The van der Waals surface area contributed by atoms with Crippen molar-refractivity contribution >= 4 is 5.69 Å². The molecule has 0 bridgehead atoms. The first-order valence-corrected chi connectivity index (χ1v) is 11.2. The highest BCUT2D eigenvalue weighted by Gasteiger charge is 2.20. The largest absolute Gasteiger partial charge is 0.374 e. The maximum atomic E-state index is 5.97. The molecule has 2 fully saturated rings. The highest BCUT2D eigenvalue weighted by atomic mass is 16.5. The molecular formula is C23H40N4O. The van der Waals surface area contributed by atoms with Gasteiger partial charge in [0.2, 0.25) is 0 Å². The first-order chi connectivity index (χ1) is 13.6. The van der Waals surface area contributed by atoms with E-state index in [1.807, 2.05) is 0 Å². The van der Waals surface area contributed by atoms with Crippen LogP contribution in [0, 0.1) is 5.92 Å². The van der Waals surface area contributed by atoms with Crippen LogP contribution in [0.5, 0.6) is 0 Å². The molecule has 28 heavy (non-hydrogen) atoms. The van der Waals surface area contributed by atoms with Crippen molar-refractivity contribution < 1.29 is 4.74 Å². The Morgan fingerprint density at radius 3 is 2.54 bits per heavy atom. The van der Waals surface area contributed by atoms with Gasteiger partial charge < -0.3 is 19.9 Å². The number of benzene rings is 1. The van der Waals surface area contributed by atoms with Crippen LogP contribution in [0.15, 0.2) is 24.3 Å². The topological polar surface area (TPSA) is 31.0 Å². The SMILES string of the molecule is CC(C)CCCN1CCOC(CNCc2ccc(N3CCN(C)CC3)cc2)C1. The quantitative estimate of drug-likeness (QED) is 0.703. The molecule has 158 valence electrons. The zero-order valence-electron chi connectivity index (χ0n) is 18.2. The van der Waals surface area contributed by atoms with E-state index in [1.165, 1.54) is 30.6 Å². The number of piperazine rings is 1. The number of ether oxygens (including phenoxy) is 1. The standard InChI is InChI=1S/C23H40N4O/c1-20(2)5-4-10-26-15-16-28-23(19-26)18-24-17-21-6-8-22(9-7-21)27-13-11-25(3)12-14-27/h6-9,20,23-24H,4-5,10-19H2,1-3H3. The molecule has 2 saturated heterocycles. The fourth-order valence-electron chi connectivity index (χ4n) is 4.10. The molecule has 1 aromatic rings. The van der Waals surface area contributed by atoms with E-state index in [0.717, 1.165) is 64.9 Å². The lowest BCUT2D eigenvalue weighted by Gasteiger charge is -2.34. The van der Waals surface area contributed by atoms with E-state index >= 15 is 0 Å². The zero-order chi connectivity index (χ0) is 19.8. The summed E-state index contributed by atoms with van der Waals surface area (Å²) in [6.07, 6.45) is 2.94. The van der Waals surface area contributed by atoms with Crippen molar-refractivity contribution in [3.8, 4) is 0 Å². The lowest BCUT2D eigenvalue weighted by atomic mass is 10.1. The number of rotatable bonds is 9. The van der Waals surface area contributed by atoms with E-state index in [2.05, 4.69) is 65.2 Å². The van der Waals surface area contributed by atoms with Gasteiger partial charge in [-0.2, -0.15) is 0 Å². The molecule has 0 amide bonds. The molecule has 0 spiro atoms. The van der Waals surface area contributed by atoms with Crippen LogP contribution in [-0.2, 0) is 11.3 Å². The Morgan fingerprint density at radius 2 is 1.82 bits per heavy atom. The van der Waals surface area contributed by atoms with Crippen molar-refractivity contribution in [3.63, 3.8) is 0 Å². The van der Waals surface area contributed by atoms with Gasteiger partial charge in [-0.05, 0) is 50.0 Å². The van der Waals surface area contributed by atoms with E-state index in [-0.39, 0.29) is 0 Å². The molecule has 1 N–H and O–H groups in total. The number of morpholine rings is 1. The van der Waals surface area contributed by atoms with Gasteiger partial charge in [0.05, 0.1) is 12.7 Å². The summed E-state index contributed by atoms with van der Waals surface area (Å²) in [7, 11) is 2.20. The molecule has 1 aromatic carbocycles. The molecule has 5 heteroatoms. The number of nitrogens with one attached hydrogen (secondary N) is 1. The van der Waals surface area contributed by atoms with Gasteiger partial charge in [0, 0.05) is 58.0 Å². The van der Waals surface area contributed by atoms with Crippen molar-refractivity contribution in [2.45, 2.75) is 39.3 Å². The van der Waals surface area contributed by atoms with Crippen LogP contribution in [0.1, 0.15) is 32.3 Å². The molecular weight excluding hydrogens is 348 g/mol. The molecule has 1 unspecified atom stereocenters. The summed E-state index contributed by atoms with van der Waals surface area (Å²) in [5.41, 5.74) is 2.70. The van der Waals surface area contributed by atoms with Gasteiger partial charge >= 0.3 is 0 Å². The average Bonchev–Trinajstić information content (AvgIpc) is 2.69. The van der Waals surface area contributed by atoms with Gasteiger partial charge in [-0.1, -0.05) is 26.0 Å². The molecule has 2 aliphatic heterocycles. The molecule has 2 heterocycles. The molecule has 5 nitrogen and oxygen atoms in total. The number of nitrogens with zero attached hydrogens (tertiary/aromatic N) is 3. The van der Waals surface area contributed by atoms with E-state index < -0.39 is 0 Å². The second-order valence-electron chi connectivity index (χ2n) is 8.92. The third kappa shape index (κ3) is 7.03. The number of likely N-dealkylation sites (N-methyl/N-ethyl adjacent to an activating group) is 1. The second-order valence-corrected chi connectivity index (χ2v) is 8.92. The second kappa shape index (κ2) is 11.1. The Bertz CT molecular complexity index is 554. The summed E-state index contributed by atoms with van der Waals surface area (Å²) < 4.78 is 5.97. The summed E-state index contributed by atoms with van der Waals surface area (Å²) in [6, 6.07) is 9.08. The lowest BCUT2D eigenvalue weighted by molar-refractivity contribution is -0.0277. The molecule has 0 aliphatic carbocycles. The third-order valence-electron chi connectivity index (χ3n) is 5.98. The van der Waals surface area contributed by atoms with Crippen molar-refractivity contribution in [1.29, 1.82) is 0 Å². The zero-order valence-corrected chi connectivity index (χ0v) is 18.2. The number of hydrogen-bond donors (Lipinski definition) is 1. The third-order valence-corrected chi connectivity index (χ3v) is 5.98. The predicted octanol–water partition coefficient (Wildman–Crippen LogP) is 2.67. The minimum atomic E-state index is 0.317. The van der Waals surface area contributed by atoms with E-state index in [0.29, 0.717) is 6.10 Å². The first-order valence-electron chi connectivity index (χ1n) is 11.2. The molecule has 0 aromatic heterocycles.